The number of rotatable bonds is 6. The van der Waals surface area contributed by atoms with E-state index in [1.807, 2.05) is 0 Å². The molecule has 0 aliphatic carbocycles. The van der Waals surface area contributed by atoms with Crippen molar-refractivity contribution in [2.75, 3.05) is 11.9 Å². The molecule has 0 aliphatic heterocycles. The molecule has 1 rings (SSSR count). The van der Waals surface area contributed by atoms with Gasteiger partial charge in [-0.2, -0.15) is 5.26 Å². The number of hydrogen-bond donors (Lipinski definition) is 2. The topological polar surface area (TPSA) is 78.9 Å². The first kappa shape index (κ1) is 15.3. The summed E-state index contributed by atoms with van der Waals surface area (Å²) in [6.45, 7) is 4.81. The molecule has 0 atom stereocenters. The van der Waals surface area contributed by atoms with Gasteiger partial charge in [0.25, 0.3) is 0 Å². The minimum absolute atomic E-state index is 0.0260. The molecular weight excluding hydrogens is 262 g/mol. The molecule has 0 spiro atoms. The Hall–Kier alpha value is -1.73. The van der Waals surface area contributed by atoms with Crippen LogP contribution in [0.1, 0.15) is 37.0 Å². The summed E-state index contributed by atoms with van der Waals surface area (Å²) in [5.41, 5.74) is 6.31. The molecule has 0 fully saturated rings. The van der Waals surface area contributed by atoms with Gasteiger partial charge in [-0.3, -0.25) is 4.79 Å². The van der Waals surface area contributed by atoms with Gasteiger partial charge in [-0.15, -0.1) is 0 Å². The number of benzene rings is 1. The molecule has 3 N–H and O–H groups in total. The van der Waals surface area contributed by atoms with Gasteiger partial charge in [-0.25, -0.2) is 0 Å². The zero-order valence-corrected chi connectivity index (χ0v) is 11.9. The van der Waals surface area contributed by atoms with Crippen molar-refractivity contribution < 1.29 is 4.79 Å². The number of anilines is 1. The maximum absolute atomic E-state index is 11.1. The van der Waals surface area contributed by atoms with E-state index in [9.17, 15) is 4.79 Å². The number of halogens is 1. The maximum atomic E-state index is 11.1. The lowest BCUT2D eigenvalue weighted by Crippen LogP contribution is -2.23. The van der Waals surface area contributed by atoms with Gasteiger partial charge in [0.2, 0.25) is 5.91 Å². The van der Waals surface area contributed by atoms with Crippen LogP contribution in [0, 0.1) is 16.7 Å². The monoisotopic (exact) mass is 279 g/mol. The molecule has 0 saturated carbocycles. The summed E-state index contributed by atoms with van der Waals surface area (Å²) < 4.78 is 0. The molecule has 0 unspecified atom stereocenters. The molecule has 0 aromatic heterocycles. The molecule has 0 aliphatic rings. The van der Waals surface area contributed by atoms with Crippen molar-refractivity contribution >= 4 is 23.2 Å². The Balaban J connectivity index is 2.74. The van der Waals surface area contributed by atoms with Crippen LogP contribution in [0.25, 0.3) is 0 Å². The number of carbonyl (C=O) groups excluding carboxylic acids is 1. The second kappa shape index (κ2) is 6.44. The van der Waals surface area contributed by atoms with Crippen molar-refractivity contribution in [3.8, 4) is 6.07 Å². The van der Waals surface area contributed by atoms with E-state index in [1.165, 1.54) is 0 Å². The lowest BCUT2D eigenvalue weighted by Gasteiger charge is -2.24. The van der Waals surface area contributed by atoms with Gasteiger partial charge >= 0.3 is 0 Å². The van der Waals surface area contributed by atoms with E-state index in [1.54, 1.807) is 18.2 Å². The van der Waals surface area contributed by atoms with Crippen LogP contribution < -0.4 is 11.1 Å². The van der Waals surface area contributed by atoms with Crippen LogP contribution in [0.2, 0.25) is 5.02 Å². The van der Waals surface area contributed by atoms with Gasteiger partial charge in [0.15, 0.2) is 0 Å². The van der Waals surface area contributed by atoms with Crippen LogP contribution in [0.5, 0.6) is 0 Å². The minimum atomic E-state index is -0.483. The number of hydrogen-bond acceptors (Lipinski definition) is 3. The highest BCUT2D eigenvalue weighted by molar-refractivity contribution is 6.33. The first-order valence-electron chi connectivity index (χ1n) is 6.06. The van der Waals surface area contributed by atoms with Gasteiger partial charge < -0.3 is 11.1 Å². The van der Waals surface area contributed by atoms with E-state index < -0.39 is 5.91 Å². The van der Waals surface area contributed by atoms with E-state index in [2.05, 4.69) is 25.2 Å². The van der Waals surface area contributed by atoms with Gasteiger partial charge in [0.05, 0.1) is 16.8 Å². The quantitative estimate of drug-likeness (QED) is 0.839. The lowest BCUT2D eigenvalue weighted by atomic mass is 9.88. The number of primary amides is 1. The largest absolute Gasteiger partial charge is 0.383 e. The molecule has 0 bridgehead atoms. The summed E-state index contributed by atoms with van der Waals surface area (Å²) in [6.07, 6.45) is 1.31. The third-order valence-corrected chi connectivity index (χ3v) is 3.25. The lowest BCUT2D eigenvalue weighted by molar-refractivity contribution is 0.100. The highest BCUT2D eigenvalue weighted by atomic mass is 35.5. The van der Waals surface area contributed by atoms with Crippen LogP contribution >= 0.6 is 11.6 Å². The number of nitrogens with one attached hydrogen (secondary N) is 1. The van der Waals surface area contributed by atoms with Crippen LogP contribution in [0.4, 0.5) is 5.69 Å². The van der Waals surface area contributed by atoms with E-state index in [-0.39, 0.29) is 5.41 Å². The van der Waals surface area contributed by atoms with E-state index >= 15 is 0 Å². The minimum Gasteiger partial charge on any atom is -0.383 e. The summed E-state index contributed by atoms with van der Waals surface area (Å²) in [5, 5.41) is 12.4. The van der Waals surface area contributed by atoms with Gasteiger partial charge in [0, 0.05) is 18.5 Å². The van der Waals surface area contributed by atoms with Crippen molar-refractivity contribution in [1.82, 2.24) is 0 Å². The fraction of sp³-hybridized carbons (Fsp3) is 0.429. The van der Waals surface area contributed by atoms with Crippen LogP contribution in [-0.4, -0.2) is 12.5 Å². The van der Waals surface area contributed by atoms with Gasteiger partial charge in [-0.1, -0.05) is 25.4 Å². The fourth-order valence-electron chi connectivity index (χ4n) is 1.63. The molecule has 4 nitrogen and oxygen atoms in total. The molecule has 0 radical (unpaired) electrons. The molecule has 0 heterocycles. The Morgan fingerprint density at radius 2 is 2.21 bits per heavy atom. The Kier molecular flexibility index (Phi) is 5.20. The Morgan fingerprint density at radius 3 is 2.79 bits per heavy atom. The van der Waals surface area contributed by atoms with Crippen LogP contribution in [0.15, 0.2) is 18.2 Å². The zero-order chi connectivity index (χ0) is 14.5. The van der Waals surface area contributed by atoms with Gasteiger partial charge in [0.1, 0.15) is 0 Å². The Morgan fingerprint density at radius 1 is 1.53 bits per heavy atom. The Bertz CT molecular complexity index is 506. The molecule has 0 saturated heterocycles. The van der Waals surface area contributed by atoms with E-state index in [4.69, 9.17) is 22.6 Å². The van der Waals surface area contributed by atoms with Crippen LogP contribution in [0.3, 0.4) is 0 Å². The number of nitrogens with two attached hydrogens (primary N) is 1. The SMILES string of the molecule is CC(C)(CCC#N)CNc1cc(C(N)=O)ccc1Cl. The third kappa shape index (κ3) is 4.80. The smallest absolute Gasteiger partial charge is 0.248 e. The second-order valence-electron chi connectivity index (χ2n) is 5.23. The Labute approximate surface area is 118 Å². The third-order valence-electron chi connectivity index (χ3n) is 2.92. The summed E-state index contributed by atoms with van der Waals surface area (Å²) >= 11 is 6.07. The number of nitrogens with zero attached hydrogens (tertiary/aromatic N) is 1. The molecule has 1 aromatic rings. The van der Waals surface area contributed by atoms with E-state index in [0.29, 0.717) is 29.2 Å². The molecule has 1 aromatic carbocycles. The van der Waals surface area contributed by atoms with Crippen molar-refractivity contribution in [1.29, 1.82) is 5.26 Å². The highest BCUT2D eigenvalue weighted by Crippen LogP contribution is 2.27. The normalized spacial score (nSPS) is 10.8. The van der Waals surface area contributed by atoms with E-state index in [0.717, 1.165) is 6.42 Å². The fourth-order valence-corrected chi connectivity index (χ4v) is 1.82. The standard InChI is InChI=1S/C14H18ClN3O/c1-14(2,6-3-7-16)9-18-12-8-10(13(17)19)4-5-11(12)15/h4-5,8,18H,3,6,9H2,1-2H3,(H2,17,19). The summed E-state index contributed by atoms with van der Waals surface area (Å²) in [6, 6.07) is 7.03. The van der Waals surface area contributed by atoms with Gasteiger partial charge in [-0.05, 0) is 30.0 Å². The molecule has 5 heteroatoms. The molecule has 19 heavy (non-hydrogen) atoms. The summed E-state index contributed by atoms with van der Waals surface area (Å²) in [5.74, 6) is -0.483. The predicted octanol–water partition coefficient (Wildman–Crippen LogP) is 3.18. The molecule has 102 valence electrons. The second-order valence-corrected chi connectivity index (χ2v) is 5.64. The summed E-state index contributed by atoms with van der Waals surface area (Å²) in [7, 11) is 0. The molecule has 1 amide bonds. The maximum Gasteiger partial charge on any atom is 0.248 e. The predicted molar refractivity (Wildman–Crippen MR) is 77.1 cm³/mol. The summed E-state index contributed by atoms with van der Waals surface area (Å²) in [4.78, 5) is 11.1. The first-order chi connectivity index (χ1) is 8.85. The average molecular weight is 280 g/mol. The highest BCUT2D eigenvalue weighted by Gasteiger charge is 2.18. The zero-order valence-electron chi connectivity index (χ0n) is 11.2. The number of carbonyl (C=O) groups is 1. The van der Waals surface area contributed by atoms with Crippen molar-refractivity contribution in [3.05, 3.63) is 28.8 Å². The van der Waals surface area contributed by atoms with Crippen LogP contribution in [-0.2, 0) is 0 Å². The number of nitriles is 1. The molecular formula is C14H18ClN3O. The van der Waals surface area contributed by atoms with Crippen molar-refractivity contribution in [2.45, 2.75) is 26.7 Å². The number of amides is 1. The average Bonchev–Trinajstić information content (AvgIpc) is 2.35. The van der Waals surface area contributed by atoms with Crippen molar-refractivity contribution in [2.24, 2.45) is 11.1 Å². The first-order valence-corrected chi connectivity index (χ1v) is 6.44. The van der Waals surface area contributed by atoms with Crippen molar-refractivity contribution in [3.63, 3.8) is 0 Å².